The van der Waals surface area contributed by atoms with E-state index in [-0.39, 0.29) is 17.9 Å². The Labute approximate surface area is 89.1 Å². The van der Waals surface area contributed by atoms with Crippen LogP contribution >= 0.6 is 0 Å². The first-order chi connectivity index (χ1) is 7.13. The molecule has 0 aliphatic rings. The second-order valence-corrected chi connectivity index (χ2v) is 3.43. The van der Waals surface area contributed by atoms with E-state index in [9.17, 15) is 9.18 Å². The molecule has 0 spiro atoms. The lowest BCUT2D eigenvalue weighted by molar-refractivity contribution is -0.148. The predicted molar refractivity (Wildman–Crippen MR) is 55.8 cm³/mol. The van der Waals surface area contributed by atoms with E-state index in [0.717, 1.165) is 12.0 Å². The molecule has 0 amide bonds. The molecule has 0 aliphatic carbocycles. The van der Waals surface area contributed by atoms with Gasteiger partial charge in [-0.15, -0.1) is 0 Å². The maximum atomic E-state index is 12.6. The monoisotopic (exact) mass is 210 g/mol. The molecule has 0 aromatic heterocycles. The number of esters is 1. The second kappa shape index (κ2) is 5.49. The average Bonchev–Trinajstić information content (AvgIpc) is 2.18. The van der Waals surface area contributed by atoms with Gasteiger partial charge in [-0.25, -0.2) is 4.39 Å². The van der Waals surface area contributed by atoms with Crippen LogP contribution in [0.3, 0.4) is 0 Å². The molecule has 0 bridgehead atoms. The minimum atomic E-state index is -0.315. The summed E-state index contributed by atoms with van der Waals surface area (Å²) in [7, 11) is 0. The lowest BCUT2D eigenvalue weighted by Crippen LogP contribution is -2.08. The quantitative estimate of drug-likeness (QED) is 0.713. The second-order valence-electron chi connectivity index (χ2n) is 3.43. The zero-order valence-corrected chi connectivity index (χ0v) is 9.00. The Morgan fingerprint density at radius 2 is 2.00 bits per heavy atom. The Hall–Kier alpha value is -1.38. The number of benzene rings is 1. The normalized spacial score (nSPS) is 12.2. The van der Waals surface area contributed by atoms with Crippen molar-refractivity contribution in [2.24, 2.45) is 0 Å². The minimum Gasteiger partial charge on any atom is -0.458 e. The number of carbonyl (C=O) groups excluding carboxylic acids is 1. The van der Waals surface area contributed by atoms with Crippen molar-refractivity contribution >= 4 is 5.97 Å². The van der Waals surface area contributed by atoms with Gasteiger partial charge >= 0.3 is 5.97 Å². The van der Waals surface area contributed by atoms with Crippen molar-refractivity contribution < 1.29 is 13.9 Å². The van der Waals surface area contributed by atoms with Crippen LogP contribution in [0.15, 0.2) is 24.3 Å². The first-order valence-electron chi connectivity index (χ1n) is 5.08. The molecule has 1 aromatic carbocycles. The Morgan fingerprint density at radius 1 is 1.40 bits per heavy atom. The number of ether oxygens (including phenoxy) is 1. The van der Waals surface area contributed by atoms with Gasteiger partial charge in [-0.1, -0.05) is 19.1 Å². The lowest BCUT2D eigenvalue weighted by Gasteiger charge is -2.13. The molecule has 1 rings (SSSR count). The Morgan fingerprint density at radius 3 is 2.53 bits per heavy atom. The molecule has 2 nitrogen and oxygen atoms in total. The van der Waals surface area contributed by atoms with Crippen LogP contribution in [0.2, 0.25) is 0 Å². The van der Waals surface area contributed by atoms with Gasteiger partial charge in [0.25, 0.3) is 0 Å². The van der Waals surface area contributed by atoms with Gasteiger partial charge in [-0.2, -0.15) is 0 Å². The van der Waals surface area contributed by atoms with E-state index in [4.69, 9.17) is 4.74 Å². The highest BCUT2D eigenvalue weighted by molar-refractivity contribution is 5.69. The van der Waals surface area contributed by atoms with Gasteiger partial charge in [0.15, 0.2) is 0 Å². The summed E-state index contributed by atoms with van der Waals surface area (Å²) >= 11 is 0. The average molecular weight is 210 g/mol. The van der Waals surface area contributed by atoms with Crippen LogP contribution < -0.4 is 0 Å². The van der Waals surface area contributed by atoms with E-state index in [1.807, 2.05) is 6.92 Å². The van der Waals surface area contributed by atoms with E-state index in [0.29, 0.717) is 6.42 Å². The molecule has 3 heteroatoms. The van der Waals surface area contributed by atoms with E-state index >= 15 is 0 Å². The fourth-order valence-electron chi connectivity index (χ4n) is 1.26. The van der Waals surface area contributed by atoms with Gasteiger partial charge < -0.3 is 4.74 Å². The van der Waals surface area contributed by atoms with Crippen LogP contribution in [-0.2, 0) is 9.53 Å². The van der Waals surface area contributed by atoms with Gasteiger partial charge in [0, 0.05) is 6.42 Å². The lowest BCUT2D eigenvalue weighted by atomic mass is 10.1. The highest BCUT2D eigenvalue weighted by Gasteiger charge is 2.10. The van der Waals surface area contributed by atoms with Crippen LogP contribution in [0, 0.1) is 5.82 Å². The topological polar surface area (TPSA) is 26.3 Å². The first-order valence-corrected chi connectivity index (χ1v) is 5.08. The SMILES string of the molecule is CCCC(=O)O[C@@H](C)c1ccc(F)cc1. The van der Waals surface area contributed by atoms with Crippen molar-refractivity contribution in [3.05, 3.63) is 35.6 Å². The van der Waals surface area contributed by atoms with Gasteiger partial charge in [-0.05, 0) is 31.0 Å². The van der Waals surface area contributed by atoms with Crippen LogP contribution in [0.25, 0.3) is 0 Å². The molecular weight excluding hydrogens is 195 g/mol. The molecule has 0 heterocycles. The molecule has 0 saturated carbocycles. The van der Waals surface area contributed by atoms with Crippen LogP contribution in [0.4, 0.5) is 4.39 Å². The maximum absolute atomic E-state index is 12.6. The number of rotatable bonds is 4. The third-order valence-corrected chi connectivity index (χ3v) is 2.10. The maximum Gasteiger partial charge on any atom is 0.306 e. The van der Waals surface area contributed by atoms with Crippen LogP contribution in [0.1, 0.15) is 38.4 Å². The zero-order chi connectivity index (χ0) is 11.3. The molecule has 0 unspecified atom stereocenters. The summed E-state index contributed by atoms with van der Waals surface area (Å²) in [5.41, 5.74) is 0.806. The smallest absolute Gasteiger partial charge is 0.306 e. The molecule has 15 heavy (non-hydrogen) atoms. The summed E-state index contributed by atoms with van der Waals surface area (Å²) in [4.78, 5) is 11.2. The largest absolute Gasteiger partial charge is 0.458 e. The third kappa shape index (κ3) is 3.70. The zero-order valence-electron chi connectivity index (χ0n) is 9.00. The predicted octanol–water partition coefficient (Wildman–Crippen LogP) is 3.23. The fourth-order valence-corrected chi connectivity index (χ4v) is 1.26. The standard InChI is InChI=1S/C12H15FO2/c1-3-4-12(14)15-9(2)10-5-7-11(13)8-6-10/h5-9H,3-4H2,1-2H3/t9-/m0/s1. The van der Waals surface area contributed by atoms with Crippen molar-refractivity contribution in [1.29, 1.82) is 0 Å². The first kappa shape index (κ1) is 11.7. The molecule has 0 radical (unpaired) electrons. The molecule has 0 saturated heterocycles. The molecular formula is C12H15FO2. The van der Waals surface area contributed by atoms with Gasteiger partial charge in [0.1, 0.15) is 11.9 Å². The third-order valence-electron chi connectivity index (χ3n) is 2.10. The van der Waals surface area contributed by atoms with E-state index in [1.54, 1.807) is 19.1 Å². The fraction of sp³-hybridized carbons (Fsp3) is 0.417. The van der Waals surface area contributed by atoms with Crippen LogP contribution in [0.5, 0.6) is 0 Å². The molecule has 0 fully saturated rings. The van der Waals surface area contributed by atoms with E-state index < -0.39 is 0 Å². The van der Waals surface area contributed by atoms with Crippen molar-refractivity contribution in [1.82, 2.24) is 0 Å². The molecule has 0 N–H and O–H groups in total. The molecule has 0 aliphatic heterocycles. The molecule has 1 atom stereocenters. The number of hydrogen-bond acceptors (Lipinski definition) is 2. The molecule has 1 aromatic rings. The number of hydrogen-bond donors (Lipinski definition) is 0. The summed E-state index contributed by atoms with van der Waals surface area (Å²) in [6, 6.07) is 5.97. The Balaban J connectivity index is 2.57. The van der Waals surface area contributed by atoms with Crippen molar-refractivity contribution in [3.8, 4) is 0 Å². The summed E-state index contributed by atoms with van der Waals surface area (Å²) in [5, 5.41) is 0. The van der Waals surface area contributed by atoms with E-state index in [1.165, 1.54) is 12.1 Å². The van der Waals surface area contributed by atoms with Gasteiger partial charge in [0.2, 0.25) is 0 Å². The van der Waals surface area contributed by atoms with Crippen molar-refractivity contribution in [2.45, 2.75) is 32.8 Å². The summed E-state index contributed by atoms with van der Waals surface area (Å²) in [6.07, 6.45) is 0.880. The highest BCUT2D eigenvalue weighted by atomic mass is 19.1. The van der Waals surface area contributed by atoms with Crippen LogP contribution in [-0.4, -0.2) is 5.97 Å². The van der Waals surface area contributed by atoms with Gasteiger partial charge in [-0.3, -0.25) is 4.79 Å². The highest BCUT2D eigenvalue weighted by Crippen LogP contribution is 2.17. The summed E-state index contributed by atoms with van der Waals surface area (Å²) < 4.78 is 17.8. The van der Waals surface area contributed by atoms with Gasteiger partial charge in [0.05, 0.1) is 0 Å². The number of halogens is 1. The summed E-state index contributed by atoms with van der Waals surface area (Å²) in [6.45, 7) is 3.70. The minimum absolute atomic E-state index is 0.214. The number of carbonyl (C=O) groups is 1. The van der Waals surface area contributed by atoms with Crippen molar-refractivity contribution in [2.75, 3.05) is 0 Å². The molecule has 82 valence electrons. The van der Waals surface area contributed by atoms with Crippen molar-refractivity contribution in [3.63, 3.8) is 0 Å². The van der Waals surface area contributed by atoms with E-state index in [2.05, 4.69) is 0 Å². The Bertz CT molecular complexity index is 319. The Kier molecular flexibility index (Phi) is 4.28. The summed E-state index contributed by atoms with van der Waals surface area (Å²) in [5.74, 6) is -0.500.